The van der Waals surface area contributed by atoms with Crippen LogP contribution in [0.2, 0.25) is 0 Å². The summed E-state index contributed by atoms with van der Waals surface area (Å²) < 4.78 is 0. The number of hydrogen-bond acceptors (Lipinski definition) is 2. The fourth-order valence-electron chi connectivity index (χ4n) is 4.30. The fourth-order valence-corrected chi connectivity index (χ4v) is 5.06. The highest BCUT2D eigenvalue weighted by molar-refractivity contribution is 6.22. The maximum absolute atomic E-state index is 4.50. The van der Waals surface area contributed by atoms with Crippen LogP contribution in [0.4, 0.5) is 0 Å². The minimum atomic E-state index is 0.00559. The van der Waals surface area contributed by atoms with Gasteiger partial charge in [-0.1, -0.05) is 18.5 Å². The number of rotatable bonds is 9. The Balaban J connectivity index is 6.24. The molecule has 0 aromatic carbocycles. The Morgan fingerprint density at radius 1 is 0.857 bits per heavy atom. The van der Waals surface area contributed by atoms with Crippen molar-refractivity contribution in [2.75, 3.05) is 0 Å². The average molecular weight is 313 g/mol. The van der Waals surface area contributed by atoms with Crippen LogP contribution < -0.4 is 0 Å². The Morgan fingerprint density at radius 2 is 1.14 bits per heavy atom. The van der Waals surface area contributed by atoms with E-state index in [4.69, 9.17) is 0 Å². The lowest BCUT2D eigenvalue weighted by molar-refractivity contribution is -0.0982. The van der Waals surface area contributed by atoms with Gasteiger partial charge in [-0.15, -0.1) is 6.58 Å². The van der Waals surface area contributed by atoms with Crippen LogP contribution in [0.3, 0.4) is 0 Å². The number of hydrogen-bond donors (Lipinski definition) is 0. The highest BCUT2D eigenvalue weighted by Crippen LogP contribution is 2.38. The Bertz CT molecular complexity index is 285. The van der Waals surface area contributed by atoms with Gasteiger partial charge in [0.1, 0.15) is 0 Å². The lowest BCUT2D eigenvalue weighted by Gasteiger charge is -2.58. The van der Waals surface area contributed by atoms with E-state index in [9.17, 15) is 0 Å². The van der Waals surface area contributed by atoms with Gasteiger partial charge in [0, 0.05) is 34.4 Å². The third kappa shape index (κ3) is 4.43. The second kappa shape index (κ2) is 8.49. The van der Waals surface area contributed by atoms with Gasteiger partial charge >= 0.3 is 0 Å². The van der Waals surface area contributed by atoms with E-state index in [1.807, 2.05) is 0 Å². The average Bonchev–Trinajstić information content (AvgIpc) is 2.26. The van der Waals surface area contributed by atoms with Crippen molar-refractivity contribution in [1.82, 2.24) is 9.80 Å². The van der Waals surface area contributed by atoms with Crippen LogP contribution in [0.15, 0.2) is 11.8 Å². The second-order valence-electron chi connectivity index (χ2n) is 7.54. The molecule has 0 N–H and O–H groups in total. The van der Waals surface area contributed by atoms with Crippen LogP contribution in [-0.2, 0) is 0 Å². The molecule has 0 amide bonds. The first-order valence-electron chi connectivity index (χ1n) is 8.76. The lowest BCUT2D eigenvalue weighted by Crippen LogP contribution is -2.68. The van der Waals surface area contributed by atoms with Gasteiger partial charge in [0.2, 0.25) is 0 Å². The van der Waals surface area contributed by atoms with Crippen molar-refractivity contribution in [3.8, 4) is 0 Å². The Morgan fingerprint density at radius 3 is 1.29 bits per heavy atom. The Labute approximate surface area is 137 Å². The van der Waals surface area contributed by atoms with Crippen molar-refractivity contribution in [3.05, 3.63) is 11.8 Å². The smallest absolute Gasteiger partial charge is 0.0919 e. The first-order chi connectivity index (χ1) is 9.53. The topological polar surface area (TPSA) is 6.48 Å². The summed E-state index contributed by atoms with van der Waals surface area (Å²) in [5, 5.41) is 1.41. The first-order valence-corrected chi connectivity index (χ1v) is 9.76. The van der Waals surface area contributed by atoms with E-state index in [1.54, 1.807) is 0 Å². The summed E-state index contributed by atoms with van der Waals surface area (Å²) in [4.78, 5) is 5.40. The maximum Gasteiger partial charge on any atom is 0.0919 e. The fraction of sp³-hybridized carbons (Fsp3) is 0.889. The summed E-state index contributed by atoms with van der Waals surface area (Å²) in [6, 6.07) is 2.06. The quantitative estimate of drug-likeness (QED) is 0.474. The molecule has 126 valence electrons. The van der Waals surface area contributed by atoms with Crippen molar-refractivity contribution in [2.45, 2.75) is 105 Å². The van der Waals surface area contributed by atoms with Crippen LogP contribution >= 0.6 is 0 Å². The molecule has 2 nitrogen and oxygen atoms in total. The zero-order chi connectivity index (χ0) is 17.0. The van der Waals surface area contributed by atoms with Crippen LogP contribution in [-0.4, -0.2) is 49.9 Å². The van der Waals surface area contributed by atoms with Gasteiger partial charge in [-0.25, -0.2) is 0 Å². The van der Waals surface area contributed by atoms with E-state index in [0.29, 0.717) is 24.2 Å². The van der Waals surface area contributed by atoms with Crippen LogP contribution in [0, 0.1) is 0 Å². The molecule has 0 rings (SSSR count). The number of nitrogens with zero attached hydrogens (tertiary/aromatic N) is 2. The zero-order valence-corrected chi connectivity index (χ0v) is 18.3. The minimum absolute atomic E-state index is 0.00559. The van der Waals surface area contributed by atoms with Gasteiger partial charge in [0.15, 0.2) is 0 Å². The zero-order valence-electron chi connectivity index (χ0n) is 16.3. The molecule has 0 atom stereocenters. The SMILES string of the molecule is C=C([SiH3])C(CCC)(N(C(C)C)C(C)C)N(C(C)C)C(C)C. The third-order valence-corrected chi connectivity index (χ3v) is 5.16. The molecule has 0 fully saturated rings. The molecule has 0 aliphatic carbocycles. The minimum Gasteiger partial charge on any atom is -0.277 e. The van der Waals surface area contributed by atoms with E-state index in [1.165, 1.54) is 18.0 Å². The molecule has 0 aromatic rings. The summed E-state index contributed by atoms with van der Waals surface area (Å²) in [7, 11) is 1.04. The molecule has 0 radical (unpaired) electrons. The van der Waals surface area contributed by atoms with Crippen molar-refractivity contribution in [2.24, 2.45) is 0 Å². The standard InChI is InChI=1S/C18H40N2Si/c1-11-12-18(17(10)21,19(13(2)3)14(4)5)20(15(6)7)16(8)9/h13-16H,10-12H2,1-9,21H3. The Hall–Kier alpha value is -0.123. The monoisotopic (exact) mass is 312 g/mol. The molecule has 0 aromatic heterocycles. The second-order valence-corrected chi connectivity index (χ2v) is 8.74. The predicted octanol–water partition coefficient (Wildman–Crippen LogP) is 3.60. The molecular weight excluding hydrogens is 272 g/mol. The van der Waals surface area contributed by atoms with Gasteiger partial charge in [-0.2, -0.15) is 0 Å². The highest BCUT2D eigenvalue weighted by atomic mass is 28.1. The maximum atomic E-state index is 4.50. The van der Waals surface area contributed by atoms with Crippen molar-refractivity contribution in [1.29, 1.82) is 0 Å². The van der Waals surface area contributed by atoms with Gasteiger partial charge < -0.3 is 0 Å². The van der Waals surface area contributed by atoms with Crippen LogP contribution in [0.5, 0.6) is 0 Å². The molecule has 0 aliphatic rings. The van der Waals surface area contributed by atoms with E-state index in [0.717, 1.165) is 10.2 Å². The van der Waals surface area contributed by atoms with E-state index in [2.05, 4.69) is 78.7 Å². The normalized spacial score (nSPS) is 13.7. The van der Waals surface area contributed by atoms with Gasteiger partial charge in [0.05, 0.1) is 5.66 Å². The summed E-state index contributed by atoms with van der Waals surface area (Å²) in [5.74, 6) is 0. The van der Waals surface area contributed by atoms with Crippen molar-refractivity contribution >= 4 is 10.2 Å². The van der Waals surface area contributed by atoms with E-state index >= 15 is 0 Å². The lowest BCUT2D eigenvalue weighted by atomic mass is 9.92. The molecule has 0 aliphatic heterocycles. The molecule has 0 unspecified atom stereocenters. The summed E-state index contributed by atoms with van der Waals surface area (Å²) in [5.41, 5.74) is 0.00559. The summed E-state index contributed by atoms with van der Waals surface area (Å²) >= 11 is 0. The summed E-state index contributed by atoms with van der Waals surface area (Å²) in [6.45, 7) is 25.4. The summed E-state index contributed by atoms with van der Waals surface area (Å²) in [6.07, 6.45) is 2.36. The molecule has 21 heavy (non-hydrogen) atoms. The largest absolute Gasteiger partial charge is 0.277 e. The highest BCUT2D eigenvalue weighted by Gasteiger charge is 2.46. The molecule has 0 heterocycles. The molecule has 0 saturated carbocycles. The van der Waals surface area contributed by atoms with Crippen LogP contribution in [0.1, 0.15) is 75.2 Å². The van der Waals surface area contributed by atoms with E-state index < -0.39 is 0 Å². The van der Waals surface area contributed by atoms with Gasteiger partial charge in [-0.05, 0) is 61.8 Å². The third-order valence-electron chi connectivity index (χ3n) is 4.36. The molecular formula is C18H40N2Si. The first kappa shape index (κ1) is 20.9. The molecule has 0 saturated heterocycles. The van der Waals surface area contributed by atoms with Crippen LogP contribution in [0.25, 0.3) is 0 Å². The van der Waals surface area contributed by atoms with Gasteiger partial charge in [-0.3, -0.25) is 9.80 Å². The predicted molar refractivity (Wildman–Crippen MR) is 101 cm³/mol. The van der Waals surface area contributed by atoms with E-state index in [-0.39, 0.29) is 5.66 Å². The van der Waals surface area contributed by atoms with Crippen molar-refractivity contribution in [3.63, 3.8) is 0 Å². The van der Waals surface area contributed by atoms with Gasteiger partial charge in [0.25, 0.3) is 0 Å². The Kier molecular flexibility index (Phi) is 8.44. The molecule has 0 bridgehead atoms. The molecule has 3 heteroatoms. The van der Waals surface area contributed by atoms with Crippen molar-refractivity contribution < 1.29 is 0 Å². The molecule has 0 spiro atoms.